The molecule has 1 aromatic carbocycles. The minimum atomic E-state index is -0.194. The van der Waals surface area contributed by atoms with Crippen molar-refractivity contribution in [3.8, 4) is 11.4 Å². The molecule has 2 aliphatic carbocycles. The molecule has 1 aromatic heterocycles. The molecule has 2 fully saturated rings. The van der Waals surface area contributed by atoms with Crippen LogP contribution in [0.1, 0.15) is 70.8 Å². The first-order valence-corrected chi connectivity index (χ1v) is 12.4. The number of thioether (sulfide) groups is 1. The van der Waals surface area contributed by atoms with E-state index in [2.05, 4.69) is 14.8 Å². The van der Waals surface area contributed by atoms with Gasteiger partial charge in [-0.15, -0.1) is 10.2 Å². The third-order valence-electron chi connectivity index (χ3n) is 6.57. The molecule has 1 atom stereocenters. The molecule has 0 bridgehead atoms. The Hall–Kier alpha value is -1.53. The van der Waals surface area contributed by atoms with Crippen molar-refractivity contribution in [3.63, 3.8) is 0 Å². The monoisotopic (exact) mass is 446 g/mol. The third kappa shape index (κ3) is 4.54. The third-order valence-corrected chi connectivity index (χ3v) is 7.94. The van der Waals surface area contributed by atoms with Gasteiger partial charge in [0.05, 0.1) is 10.3 Å². The summed E-state index contributed by atoms with van der Waals surface area (Å²) >= 11 is 8.02. The summed E-state index contributed by atoms with van der Waals surface area (Å²) in [5, 5.41) is 10.4. The molecule has 4 rings (SSSR count). The van der Waals surface area contributed by atoms with E-state index in [0.29, 0.717) is 17.1 Å². The SMILES string of the molecule is CC(Sc1nnc(-c2ccccc2Cl)n1C1CCCC1)C(=O)N(C)C1CCCCC1. The summed E-state index contributed by atoms with van der Waals surface area (Å²) in [7, 11) is 1.96. The molecule has 0 aliphatic heterocycles. The van der Waals surface area contributed by atoms with Gasteiger partial charge in [0.25, 0.3) is 0 Å². The molecule has 5 nitrogen and oxygen atoms in total. The highest BCUT2D eigenvalue weighted by atomic mass is 35.5. The lowest BCUT2D eigenvalue weighted by Crippen LogP contribution is -2.42. The Labute approximate surface area is 188 Å². The molecular formula is C23H31ClN4OS. The van der Waals surface area contributed by atoms with Gasteiger partial charge in [-0.25, -0.2) is 0 Å². The first-order chi connectivity index (χ1) is 14.6. The summed E-state index contributed by atoms with van der Waals surface area (Å²) < 4.78 is 2.24. The Bertz CT molecular complexity index is 874. The van der Waals surface area contributed by atoms with Crippen LogP contribution in [0.15, 0.2) is 29.4 Å². The standard InChI is InChI=1S/C23H31ClN4OS/c1-16(22(29)27(2)17-10-4-3-5-11-17)30-23-26-25-21(19-14-8-9-15-20(19)24)28(23)18-12-6-7-13-18/h8-9,14-18H,3-7,10-13H2,1-2H3. The normalized spacial score (nSPS) is 19.2. The van der Waals surface area contributed by atoms with Gasteiger partial charge in [-0.1, -0.05) is 67.6 Å². The van der Waals surface area contributed by atoms with Crippen molar-refractivity contribution in [1.29, 1.82) is 0 Å². The average Bonchev–Trinajstić information content (AvgIpc) is 3.43. The van der Waals surface area contributed by atoms with Crippen molar-refractivity contribution in [2.75, 3.05) is 7.05 Å². The van der Waals surface area contributed by atoms with Crippen molar-refractivity contribution in [1.82, 2.24) is 19.7 Å². The van der Waals surface area contributed by atoms with E-state index in [4.69, 9.17) is 11.6 Å². The highest BCUT2D eigenvalue weighted by Gasteiger charge is 2.30. The van der Waals surface area contributed by atoms with E-state index in [1.54, 1.807) is 0 Å². The molecule has 1 heterocycles. The first-order valence-electron chi connectivity index (χ1n) is 11.2. The number of hydrogen-bond acceptors (Lipinski definition) is 4. The summed E-state index contributed by atoms with van der Waals surface area (Å²) in [6.07, 6.45) is 10.6. The van der Waals surface area contributed by atoms with Crippen LogP contribution in [0.3, 0.4) is 0 Å². The van der Waals surface area contributed by atoms with Crippen LogP contribution in [0.5, 0.6) is 0 Å². The van der Waals surface area contributed by atoms with Crippen LogP contribution in [-0.2, 0) is 4.79 Å². The molecule has 162 valence electrons. The molecule has 1 amide bonds. The number of amides is 1. The Morgan fingerprint density at radius 1 is 1.10 bits per heavy atom. The number of nitrogens with zero attached hydrogens (tertiary/aromatic N) is 4. The van der Waals surface area contributed by atoms with Gasteiger partial charge in [-0.2, -0.15) is 0 Å². The molecule has 0 radical (unpaired) electrons. The molecule has 7 heteroatoms. The fourth-order valence-electron chi connectivity index (χ4n) is 4.82. The summed E-state index contributed by atoms with van der Waals surface area (Å²) in [5.41, 5.74) is 0.906. The van der Waals surface area contributed by atoms with Crippen molar-refractivity contribution >= 4 is 29.3 Å². The molecule has 0 saturated heterocycles. The smallest absolute Gasteiger partial charge is 0.235 e. The van der Waals surface area contributed by atoms with Crippen molar-refractivity contribution in [2.45, 2.75) is 87.2 Å². The van der Waals surface area contributed by atoms with Gasteiger partial charge in [0.15, 0.2) is 11.0 Å². The van der Waals surface area contributed by atoms with Gasteiger partial charge >= 0.3 is 0 Å². The Morgan fingerprint density at radius 2 is 1.77 bits per heavy atom. The number of hydrogen-bond donors (Lipinski definition) is 0. The van der Waals surface area contributed by atoms with Crippen LogP contribution in [-0.4, -0.2) is 43.9 Å². The van der Waals surface area contributed by atoms with Crippen LogP contribution >= 0.6 is 23.4 Å². The highest BCUT2D eigenvalue weighted by molar-refractivity contribution is 8.00. The van der Waals surface area contributed by atoms with Crippen LogP contribution in [0.2, 0.25) is 5.02 Å². The maximum Gasteiger partial charge on any atom is 0.235 e. The minimum Gasteiger partial charge on any atom is -0.342 e. The number of benzene rings is 1. The molecule has 1 unspecified atom stereocenters. The quantitative estimate of drug-likeness (QED) is 0.511. The maximum atomic E-state index is 13.1. The lowest BCUT2D eigenvalue weighted by atomic mass is 9.94. The Balaban J connectivity index is 1.57. The zero-order chi connectivity index (χ0) is 21.1. The highest BCUT2D eigenvalue weighted by Crippen LogP contribution is 2.39. The largest absolute Gasteiger partial charge is 0.342 e. The van der Waals surface area contributed by atoms with Gasteiger partial charge in [0.1, 0.15) is 0 Å². The van der Waals surface area contributed by atoms with Crippen LogP contribution in [0, 0.1) is 0 Å². The number of carbonyl (C=O) groups is 1. The second kappa shape index (κ2) is 9.73. The summed E-state index contributed by atoms with van der Waals surface area (Å²) in [6.45, 7) is 2.00. The van der Waals surface area contributed by atoms with Gasteiger partial charge < -0.3 is 4.90 Å². The van der Waals surface area contributed by atoms with Gasteiger partial charge in [0.2, 0.25) is 5.91 Å². The van der Waals surface area contributed by atoms with E-state index in [0.717, 1.165) is 42.2 Å². The second-order valence-corrected chi connectivity index (χ2v) is 10.3. The predicted octanol–water partition coefficient (Wildman–Crippen LogP) is 5.99. The van der Waals surface area contributed by atoms with Crippen molar-refractivity contribution < 1.29 is 4.79 Å². The number of carbonyl (C=O) groups excluding carboxylic acids is 1. The van der Waals surface area contributed by atoms with Crippen LogP contribution in [0.4, 0.5) is 0 Å². The molecule has 2 saturated carbocycles. The molecule has 0 spiro atoms. The molecule has 0 N–H and O–H groups in total. The zero-order valence-corrected chi connectivity index (χ0v) is 19.5. The minimum absolute atomic E-state index is 0.187. The van der Waals surface area contributed by atoms with Gasteiger partial charge in [-0.3, -0.25) is 9.36 Å². The van der Waals surface area contributed by atoms with Gasteiger partial charge in [0, 0.05) is 24.7 Å². The Morgan fingerprint density at radius 3 is 2.47 bits per heavy atom. The summed E-state index contributed by atoms with van der Waals surface area (Å²) in [5.74, 6) is 1.00. The van der Waals surface area contributed by atoms with E-state index in [9.17, 15) is 4.79 Å². The summed E-state index contributed by atoms with van der Waals surface area (Å²) in [6, 6.07) is 8.54. The topological polar surface area (TPSA) is 51.0 Å². The van der Waals surface area contributed by atoms with Crippen molar-refractivity contribution in [2.24, 2.45) is 0 Å². The lowest BCUT2D eigenvalue weighted by molar-refractivity contribution is -0.131. The van der Waals surface area contributed by atoms with E-state index >= 15 is 0 Å². The predicted molar refractivity (Wildman–Crippen MR) is 123 cm³/mol. The van der Waals surface area contributed by atoms with E-state index in [1.807, 2.05) is 43.1 Å². The van der Waals surface area contributed by atoms with E-state index in [-0.39, 0.29) is 11.2 Å². The molecule has 2 aliphatic rings. The second-order valence-electron chi connectivity index (χ2n) is 8.60. The van der Waals surface area contributed by atoms with E-state index in [1.165, 1.54) is 43.9 Å². The van der Waals surface area contributed by atoms with Crippen LogP contribution < -0.4 is 0 Å². The fourth-order valence-corrected chi connectivity index (χ4v) is 6.06. The number of rotatable bonds is 6. The van der Waals surface area contributed by atoms with E-state index < -0.39 is 0 Å². The van der Waals surface area contributed by atoms with Crippen molar-refractivity contribution in [3.05, 3.63) is 29.3 Å². The zero-order valence-electron chi connectivity index (χ0n) is 17.9. The number of halogens is 1. The number of aromatic nitrogens is 3. The van der Waals surface area contributed by atoms with Gasteiger partial charge in [-0.05, 0) is 44.7 Å². The molecule has 30 heavy (non-hydrogen) atoms. The lowest BCUT2D eigenvalue weighted by Gasteiger charge is -2.32. The van der Waals surface area contributed by atoms with Crippen LogP contribution in [0.25, 0.3) is 11.4 Å². The first kappa shape index (κ1) is 21.7. The molecular weight excluding hydrogens is 416 g/mol. The Kier molecular flexibility index (Phi) is 7.04. The average molecular weight is 447 g/mol. The fraction of sp³-hybridized carbons (Fsp3) is 0.609. The maximum absolute atomic E-state index is 13.1. The molecule has 2 aromatic rings. The summed E-state index contributed by atoms with van der Waals surface area (Å²) in [4.78, 5) is 15.1.